The lowest BCUT2D eigenvalue weighted by Crippen LogP contribution is -2.03. The summed E-state index contributed by atoms with van der Waals surface area (Å²) in [4.78, 5) is 0. The Kier molecular flexibility index (Phi) is 5.18. The van der Waals surface area contributed by atoms with Crippen LogP contribution in [-0.4, -0.2) is 12.2 Å². The van der Waals surface area contributed by atoms with E-state index in [2.05, 4.69) is 31.9 Å². The van der Waals surface area contributed by atoms with Crippen LogP contribution >= 0.6 is 31.9 Å². The number of benzene rings is 2. The highest BCUT2D eigenvalue weighted by molar-refractivity contribution is 9.10. The summed E-state index contributed by atoms with van der Waals surface area (Å²) in [5.41, 5.74) is 1.47. The molecule has 1 unspecified atom stereocenters. The minimum absolute atomic E-state index is 0.314. The SMILES string of the molecule is COc1ccc(C(O)Cc2cc(F)ccc2Br)cc1Br. The molecule has 2 aromatic carbocycles. The van der Waals surface area contributed by atoms with Crippen LogP contribution in [-0.2, 0) is 6.42 Å². The molecular formula is C15H13Br2FO2. The summed E-state index contributed by atoms with van der Waals surface area (Å²) in [6, 6.07) is 9.82. The number of ether oxygens (including phenoxy) is 1. The average molecular weight is 404 g/mol. The molecule has 0 fully saturated rings. The van der Waals surface area contributed by atoms with Crippen LogP contribution in [0.15, 0.2) is 45.3 Å². The Morgan fingerprint density at radius 3 is 2.55 bits per heavy atom. The topological polar surface area (TPSA) is 29.5 Å². The maximum Gasteiger partial charge on any atom is 0.133 e. The van der Waals surface area contributed by atoms with Gasteiger partial charge in [-0.15, -0.1) is 0 Å². The molecule has 1 atom stereocenters. The van der Waals surface area contributed by atoms with Gasteiger partial charge in [0.2, 0.25) is 0 Å². The first-order chi connectivity index (χ1) is 9.51. The van der Waals surface area contributed by atoms with Gasteiger partial charge in [-0.1, -0.05) is 22.0 Å². The summed E-state index contributed by atoms with van der Waals surface area (Å²) < 4.78 is 19.9. The van der Waals surface area contributed by atoms with Crippen LogP contribution in [0.4, 0.5) is 4.39 Å². The summed E-state index contributed by atoms with van der Waals surface area (Å²) in [6.07, 6.45) is -0.382. The van der Waals surface area contributed by atoms with Crippen LogP contribution in [0, 0.1) is 5.82 Å². The van der Waals surface area contributed by atoms with Gasteiger partial charge in [0.05, 0.1) is 17.7 Å². The first-order valence-corrected chi connectivity index (χ1v) is 7.55. The molecule has 0 bridgehead atoms. The number of hydrogen-bond acceptors (Lipinski definition) is 2. The lowest BCUT2D eigenvalue weighted by Gasteiger charge is -2.14. The third-order valence-corrected chi connectivity index (χ3v) is 4.37. The molecule has 1 N–H and O–H groups in total. The average Bonchev–Trinajstić information content (AvgIpc) is 2.42. The number of aliphatic hydroxyl groups is 1. The van der Waals surface area contributed by atoms with Crippen molar-refractivity contribution in [2.24, 2.45) is 0 Å². The molecule has 2 rings (SSSR count). The quantitative estimate of drug-likeness (QED) is 0.805. The van der Waals surface area contributed by atoms with Gasteiger partial charge in [0.15, 0.2) is 0 Å². The van der Waals surface area contributed by atoms with Crippen molar-refractivity contribution < 1.29 is 14.2 Å². The van der Waals surface area contributed by atoms with Crippen LogP contribution in [0.1, 0.15) is 17.2 Å². The molecule has 0 saturated carbocycles. The lowest BCUT2D eigenvalue weighted by atomic mass is 10.0. The highest BCUT2D eigenvalue weighted by atomic mass is 79.9. The fourth-order valence-corrected chi connectivity index (χ4v) is 2.88. The highest BCUT2D eigenvalue weighted by Gasteiger charge is 2.13. The predicted octanol–water partition coefficient (Wildman–Crippen LogP) is 4.64. The van der Waals surface area contributed by atoms with Crippen molar-refractivity contribution in [2.75, 3.05) is 7.11 Å². The third-order valence-electron chi connectivity index (χ3n) is 2.98. The van der Waals surface area contributed by atoms with E-state index in [1.165, 1.54) is 12.1 Å². The van der Waals surface area contributed by atoms with Gasteiger partial charge < -0.3 is 9.84 Å². The standard InChI is InChI=1S/C15H13Br2FO2/c1-20-15-5-2-9(7-13(15)17)14(19)8-10-6-11(18)3-4-12(10)16/h2-7,14,19H,8H2,1H3. The Balaban J connectivity index is 2.21. The fraction of sp³-hybridized carbons (Fsp3) is 0.200. The van der Waals surface area contributed by atoms with E-state index in [0.29, 0.717) is 12.2 Å². The molecule has 0 amide bonds. The summed E-state index contributed by atoms with van der Waals surface area (Å²) in [5.74, 6) is 0.388. The molecule has 106 valence electrons. The molecule has 0 aliphatic carbocycles. The van der Waals surface area contributed by atoms with Gasteiger partial charge in [0, 0.05) is 10.9 Å². The molecule has 20 heavy (non-hydrogen) atoms. The van der Waals surface area contributed by atoms with Crippen molar-refractivity contribution in [1.82, 2.24) is 0 Å². The molecule has 2 aromatic rings. The van der Waals surface area contributed by atoms with Crippen molar-refractivity contribution in [3.8, 4) is 5.75 Å². The van der Waals surface area contributed by atoms with Gasteiger partial charge in [-0.25, -0.2) is 4.39 Å². The Hall–Kier alpha value is -0.910. The molecule has 0 heterocycles. The fourth-order valence-electron chi connectivity index (χ4n) is 1.92. The van der Waals surface area contributed by atoms with Gasteiger partial charge >= 0.3 is 0 Å². The third kappa shape index (κ3) is 3.59. The van der Waals surface area contributed by atoms with Crippen molar-refractivity contribution in [2.45, 2.75) is 12.5 Å². The van der Waals surface area contributed by atoms with E-state index in [1.807, 2.05) is 0 Å². The summed E-state index contributed by atoms with van der Waals surface area (Å²) >= 11 is 6.74. The zero-order chi connectivity index (χ0) is 14.7. The van der Waals surface area contributed by atoms with Crippen molar-refractivity contribution in [3.63, 3.8) is 0 Å². The van der Waals surface area contributed by atoms with Gasteiger partial charge in [0.1, 0.15) is 11.6 Å². The number of halogens is 3. The molecule has 0 aliphatic heterocycles. The first-order valence-electron chi connectivity index (χ1n) is 5.96. The summed E-state index contributed by atoms with van der Waals surface area (Å²) in [7, 11) is 1.58. The van der Waals surface area contributed by atoms with E-state index in [0.717, 1.165) is 20.1 Å². The zero-order valence-electron chi connectivity index (χ0n) is 10.7. The largest absolute Gasteiger partial charge is 0.496 e. The number of hydrogen-bond donors (Lipinski definition) is 1. The minimum atomic E-state index is -0.713. The number of methoxy groups -OCH3 is 1. The molecule has 0 aliphatic rings. The Bertz CT molecular complexity index is 617. The molecule has 0 spiro atoms. The molecule has 2 nitrogen and oxygen atoms in total. The van der Waals surface area contributed by atoms with Crippen molar-refractivity contribution >= 4 is 31.9 Å². The Labute approximate surface area is 133 Å². The van der Waals surface area contributed by atoms with Crippen LogP contribution in [0.3, 0.4) is 0 Å². The molecule has 0 saturated heterocycles. The van der Waals surface area contributed by atoms with Crippen LogP contribution in [0.5, 0.6) is 5.75 Å². The van der Waals surface area contributed by atoms with E-state index in [9.17, 15) is 9.50 Å². The van der Waals surface area contributed by atoms with Gasteiger partial charge in [-0.3, -0.25) is 0 Å². The van der Waals surface area contributed by atoms with E-state index in [-0.39, 0.29) is 5.82 Å². The van der Waals surface area contributed by atoms with Gasteiger partial charge in [-0.05, 0) is 57.4 Å². The van der Waals surface area contributed by atoms with Gasteiger partial charge in [-0.2, -0.15) is 0 Å². The van der Waals surface area contributed by atoms with E-state index in [1.54, 1.807) is 31.4 Å². The number of aliphatic hydroxyl groups excluding tert-OH is 1. The Morgan fingerprint density at radius 1 is 1.15 bits per heavy atom. The summed E-state index contributed by atoms with van der Waals surface area (Å²) in [5, 5.41) is 10.3. The normalized spacial score (nSPS) is 12.2. The first kappa shape index (κ1) is 15.5. The minimum Gasteiger partial charge on any atom is -0.496 e. The Morgan fingerprint density at radius 2 is 1.90 bits per heavy atom. The predicted molar refractivity (Wildman–Crippen MR) is 83.5 cm³/mol. The summed E-state index contributed by atoms with van der Waals surface area (Å²) in [6.45, 7) is 0. The van der Waals surface area contributed by atoms with E-state index in [4.69, 9.17) is 4.74 Å². The second-order valence-corrected chi connectivity index (χ2v) is 6.06. The molecular weight excluding hydrogens is 391 g/mol. The van der Waals surface area contributed by atoms with Crippen molar-refractivity contribution in [3.05, 3.63) is 62.3 Å². The molecule has 0 aromatic heterocycles. The second kappa shape index (κ2) is 6.70. The molecule has 5 heteroatoms. The molecule has 0 radical (unpaired) electrons. The second-order valence-electron chi connectivity index (χ2n) is 4.35. The van der Waals surface area contributed by atoms with Gasteiger partial charge in [0.25, 0.3) is 0 Å². The van der Waals surface area contributed by atoms with Crippen LogP contribution in [0.25, 0.3) is 0 Å². The van der Waals surface area contributed by atoms with E-state index >= 15 is 0 Å². The van der Waals surface area contributed by atoms with Crippen molar-refractivity contribution in [1.29, 1.82) is 0 Å². The maximum absolute atomic E-state index is 13.2. The smallest absolute Gasteiger partial charge is 0.133 e. The van der Waals surface area contributed by atoms with E-state index < -0.39 is 6.10 Å². The zero-order valence-corrected chi connectivity index (χ0v) is 13.9. The monoisotopic (exact) mass is 402 g/mol. The van der Waals surface area contributed by atoms with Crippen LogP contribution < -0.4 is 4.74 Å². The highest BCUT2D eigenvalue weighted by Crippen LogP contribution is 2.30. The van der Waals surface area contributed by atoms with Crippen LogP contribution in [0.2, 0.25) is 0 Å². The number of rotatable bonds is 4. The maximum atomic E-state index is 13.2. The lowest BCUT2D eigenvalue weighted by molar-refractivity contribution is 0.178.